The molecule has 2 rings (SSSR count). The molecule has 0 aromatic carbocycles. The summed E-state index contributed by atoms with van der Waals surface area (Å²) in [5, 5.41) is 2.97. The molecule has 0 spiro atoms. The van der Waals surface area contributed by atoms with Crippen LogP contribution in [0, 0.1) is 5.92 Å². The predicted octanol–water partition coefficient (Wildman–Crippen LogP) is 3.03. The van der Waals surface area contributed by atoms with Crippen LogP contribution in [0.25, 0.3) is 0 Å². The fourth-order valence-electron chi connectivity index (χ4n) is 2.42. The van der Waals surface area contributed by atoms with Crippen molar-refractivity contribution < 1.29 is 13.2 Å². The molecule has 0 aliphatic heterocycles. The number of hydrogen-bond acceptors (Lipinski definition) is 3. The Hall–Kier alpha value is -1.30. The second kappa shape index (κ2) is 5.77. The van der Waals surface area contributed by atoms with Gasteiger partial charge >= 0.3 is 6.18 Å². The first-order valence-electron chi connectivity index (χ1n) is 6.50. The molecule has 1 fully saturated rings. The molecule has 2 unspecified atom stereocenters. The molecule has 3 N–H and O–H groups in total. The number of nitrogens with one attached hydrogen (secondary N) is 1. The van der Waals surface area contributed by atoms with Gasteiger partial charge in [0.05, 0.1) is 0 Å². The molecule has 0 amide bonds. The van der Waals surface area contributed by atoms with E-state index in [4.69, 9.17) is 5.73 Å². The molecule has 1 saturated carbocycles. The van der Waals surface area contributed by atoms with E-state index in [1.807, 2.05) is 0 Å². The van der Waals surface area contributed by atoms with Gasteiger partial charge < -0.3 is 11.1 Å². The van der Waals surface area contributed by atoms with Crippen molar-refractivity contribution >= 4 is 5.82 Å². The highest BCUT2D eigenvalue weighted by Crippen LogP contribution is 2.28. The largest absolute Gasteiger partial charge is 0.433 e. The van der Waals surface area contributed by atoms with Gasteiger partial charge in [-0.05, 0) is 30.9 Å². The number of alkyl halides is 3. The van der Waals surface area contributed by atoms with Gasteiger partial charge in [-0.15, -0.1) is 0 Å². The van der Waals surface area contributed by atoms with Crippen LogP contribution in [0.4, 0.5) is 19.0 Å². The summed E-state index contributed by atoms with van der Waals surface area (Å²) in [6.45, 7) is 0.579. The van der Waals surface area contributed by atoms with Gasteiger partial charge in [0.2, 0.25) is 0 Å². The van der Waals surface area contributed by atoms with E-state index < -0.39 is 11.9 Å². The summed E-state index contributed by atoms with van der Waals surface area (Å²) < 4.78 is 37.5. The van der Waals surface area contributed by atoms with Crippen LogP contribution in [0.5, 0.6) is 0 Å². The van der Waals surface area contributed by atoms with E-state index in [0.717, 1.165) is 31.7 Å². The predicted molar refractivity (Wildman–Crippen MR) is 67.7 cm³/mol. The van der Waals surface area contributed by atoms with Crippen LogP contribution in [0.15, 0.2) is 18.2 Å². The van der Waals surface area contributed by atoms with E-state index in [-0.39, 0.29) is 11.9 Å². The highest BCUT2D eigenvalue weighted by Gasteiger charge is 2.32. The molecule has 0 saturated heterocycles. The van der Waals surface area contributed by atoms with Crippen molar-refractivity contribution in [1.29, 1.82) is 0 Å². The van der Waals surface area contributed by atoms with Crippen molar-refractivity contribution in [2.75, 3.05) is 11.9 Å². The standard InChI is InChI=1S/C13H18F3N3/c14-13(15,16)11-6-3-7-12(19-11)18-8-9-4-1-2-5-10(9)17/h3,6-7,9-10H,1-2,4-5,8,17H2,(H,18,19). The number of anilines is 1. The molecular weight excluding hydrogens is 255 g/mol. The Morgan fingerprint density at radius 1 is 1.26 bits per heavy atom. The van der Waals surface area contributed by atoms with E-state index in [1.165, 1.54) is 6.07 Å². The summed E-state index contributed by atoms with van der Waals surface area (Å²) in [6.07, 6.45) is -0.121. The molecule has 1 heterocycles. The fourth-order valence-corrected chi connectivity index (χ4v) is 2.42. The SMILES string of the molecule is NC1CCCCC1CNc1cccc(C(F)(F)F)n1. The zero-order chi connectivity index (χ0) is 13.9. The Balaban J connectivity index is 1.96. The van der Waals surface area contributed by atoms with Gasteiger partial charge in [0.15, 0.2) is 0 Å². The van der Waals surface area contributed by atoms with Gasteiger partial charge in [-0.3, -0.25) is 0 Å². The molecule has 1 aliphatic carbocycles. The van der Waals surface area contributed by atoms with Crippen molar-refractivity contribution in [3.05, 3.63) is 23.9 Å². The third-order valence-electron chi connectivity index (χ3n) is 3.55. The first-order valence-corrected chi connectivity index (χ1v) is 6.50. The first-order chi connectivity index (χ1) is 8.97. The lowest BCUT2D eigenvalue weighted by Gasteiger charge is -2.28. The molecule has 6 heteroatoms. The van der Waals surface area contributed by atoms with Crippen LogP contribution >= 0.6 is 0 Å². The van der Waals surface area contributed by atoms with Crippen LogP contribution in [0.3, 0.4) is 0 Å². The second-order valence-corrected chi connectivity index (χ2v) is 5.00. The number of halogens is 3. The highest BCUT2D eigenvalue weighted by molar-refractivity contribution is 5.36. The van der Waals surface area contributed by atoms with Gasteiger partial charge in [-0.25, -0.2) is 4.98 Å². The third-order valence-corrected chi connectivity index (χ3v) is 3.55. The molecule has 2 atom stereocenters. The van der Waals surface area contributed by atoms with Crippen molar-refractivity contribution in [3.8, 4) is 0 Å². The minimum absolute atomic E-state index is 0.132. The Bertz CT molecular complexity index is 420. The van der Waals surface area contributed by atoms with Gasteiger partial charge in [-0.2, -0.15) is 13.2 Å². The topological polar surface area (TPSA) is 50.9 Å². The fraction of sp³-hybridized carbons (Fsp3) is 0.615. The molecule has 1 aromatic heterocycles. The summed E-state index contributed by atoms with van der Waals surface area (Å²) >= 11 is 0. The zero-order valence-corrected chi connectivity index (χ0v) is 10.6. The minimum Gasteiger partial charge on any atom is -0.370 e. The molecule has 3 nitrogen and oxygen atoms in total. The number of nitrogens with two attached hydrogens (primary N) is 1. The van der Waals surface area contributed by atoms with E-state index in [2.05, 4.69) is 10.3 Å². The van der Waals surface area contributed by atoms with Crippen molar-refractivity contribution in [3.63, 3.8) is 0 Å². The molecule has 1 aromatic rings. The van der Waals surface area contributed by atoms with Crippen LogP contribution in [0.1, 0.15) is 31.4 Å². The third kappa shape index (κ3) is 3.83. The van der Waals surface area contributed by atoms with Crippen LogP contribution in [-0.2, 0) is 6.18 Å². The highest BCUT2D eigenvalue weighted by atomic mass is 19.4. The van der Waals surface area contributed by atoms with Crippen molar-refractivity contribution in [2.24, 2.45) is 11.7 Å². The smallest absolute Gasteiger partial charge is 0.370 e. The number of hydrogen-bond donors (Lipinski definition) is 2. The van der Waals surface area contributed by atoms with Gasteiger partial charge in [0.1, 0.15) is 11.5 Å². The minimum atomic E-state index is -4.40. The quantitative estimate of drug-likeness (QED) is 0.890. The normalized spacial score (nSPS) is 24.2. The van der Waals surface area contributed by atoms with E-state index >= 15 is 0 Å². The van der Waals surface area contributed by atoms with Gasteiger partial charge in [-0.1, -0.05) is 18.9 Å². The Labute approximate surface area is 110 Å². The van der Waals surface area contributed by atoms with E-state index in [9.17, 15) is 13.2 Å². The summed E-state index contributed by atoms with van der Waals surface area (Å²) in [5.41, 5.74) is 5.13. The Morgan fingerprint density at radius 3 is 2.68 bits per heavy atom. The summed E-state index contributed by atoms with van der Waals surface area (Å²) in [5.74, 6) is 0.567. The molecule has 1 aliphatic rings. The van der Waals surface area contributed by atoms with Crippen LogP contribution < -0.4 is 11.1 Å². The lowest BCUT2D eigenvalue weighted by molar-refractivity contribution is -0.141. The molecule has 106 valence electrons. The van der Waals surface area contributed by atoms with Gasteiger partial charge in [0.25, 0.3) is 0 Å². The average molecular weight is 273 g/mol. The first kappa shape index (κ1) is 14.1. The summed E-state index contributed by atoms with van der Waals surface area (Å²) in [4.78, 5) is 3.58. The van der Waals surface area contributed by atoms with E-state index in [0.29, 0.717) is 12.5 Å². The lowest BCUT2D eigenvalue weighted by Crippen LogP contribution is -2.37. The van der Waals surface area contributed by atoms with E-state index in [1.54, 1.807) is 6.07 Å². The maximum Gasteiger partial charge on any atom is 0.433 e. The van der Waals surface area contributed by atoms with Crippen LogP contribution in [-0.4, -0.2) is 17.6 Å². The number of pyridine rings is 1. The second-order valence-electron chi connectivity index (χ2n) is 5.00. The maximum atomic E-state index is 12.5. The molecule has 0 bridgehead atoms. The molecular formula is C13H18F3N3. The number of rotatable bonds is 3. The maximum absolute atomic E-state index is 12.5. The van der Waals surface area contributed by atoms with Crippen LogP contribution in [0.2, 0.25) is 0 Å². The monoisotopic (exact) mass is 273 g/mol. The Morgan fingerprint density at radius 2 is 2.00 bits per heavy atom. The summed E-state index contributed by atoms with van der Waals surface area (Å²) in [7, 11) is 0. The average Bonchev–Trinajstić information content (AvgIpc) is 2.37. The van der Waals surface area contributed by atoms with Crippen molar-refractivity contribution in [1.82, 2.24) is 4.98 Å². The van der Waals surface area contributed by atoms with Crippen molar-refractivity contribution in [2.45, 2.75) is 37.9 Å². The lowest BCUT2D eigenvalue weighted by atomic mass is 9.85. The molecule has 0 radical (unpaired) electrons. The summed E-state index contributed by atoms with van der Waals surface area (Å²) in [6, 6.07) is 4.01. The number of nitrogens with zero attached hydrogens (tertiary/aromatic N) is 1. The van der Waals surface area contributed by atoms with Gasteiger partial charge in [0, 0.05) is 12.6 Å². The zero-order valence-electron chi connectivity index (χ0n) is 10.6. The Kier molecular flexibility index (Phi) is 4.29. The molecule has 19 heavy (non-hydrogen) atoms. The number of aromatic nitrogens is 1.